The van der Waals surface area contributed by atoms with Crippen LogP contribution in [0.15, 0.2) is 28.7 Å². The Labute approximate surface area is 145 Å². The highest BCUT2D eigenvalue weighted by Crippen LogP contribution is 2.29. The van der Waals surface area contributed by atoms with Crippen molar-refractivity contribution in [3.8, 4) is 0 Å². The van der Waals surface area contributed by atoms with Crippen molar-refractivity contribution in [2.24, 2.45) is 0 Å². The van der Waals surface area contributed by atoms with Crippen molar-refractivity contribution in [1.82, 2.24) is 10.2 Å². The molecule has 0 spiro atoms. The number of nitrogens with one attached hydrogen (secondary N) is 1. The summed E-state index contributed by atoms with van der Waals surface area (Å²) in [6.45, 7) is 5.83. The smallest absolute Gasteiger partial charge is 0.255 e. The quantitative estimate of drug-likeness (QED) is 0.931. The minimum Gasteiger partial charge on any atom is -0.466 e. The lowest BCUT2D eigenvalue weighted by Gasteiger charge is -2.35. The predicted molar refractivity (Wildman–Crippen MR) is 90.7 cm³/mol. The third kappa shape index (κ3) is 3.43. The molecule has 2 amide bonds. The molecule has 1 aromatic carbocycles. The van der Waals surface area contributed by atoms with Gasteiger partial charge in [0.05, 0.1) is 18.2 Å². The zero-order valence-electron chi connectivity index (χ0n) is 14.6. The SMILES string of the molecule is Cc1cc(C(=O)NCC(=O)N2CCc3cc(F)ccc3[C@@H]2C)c(C)o1. The van der Waals surface area contributed by atoms with Gasteiger partial charge in [-0.2, -0.15) is 0 Å². The number of aryl methyl sites for hydroxylation is 2. The molecule has 0 saturated heterocycles. The lowest BCUT2D eigenvalue weighted by atomic mass is 9.93. The zero-order chi connectivity index (χ0) is 18.1. The van der Waals surface area contributed by atoms with Gasteiger partial charge in [0.25, 0.3) is 5.91 Å². The summed E-state index contributed by atoms with van der Waals surface area (Å²) in [7, 11) is 0. The Morgan fingerprint density at radius 3 is 2.76 bits per heavy atom. The molecule has 0 aliphatic carbocycles. The highest BCUT2D eigenvalue weighted by Gasteiger charge is 2.28. The average molecular weight is 344 g/mol. The van der Waals surface area contributed by atoms with E-state index in [2.05, 4.69) is 5.32 Å². The summed E-state index contributed by atoms with van der Waals surface area (Å²) in [4.78, 5) is 26.4. The Morgan fingerprint density at radius 2 is 2.08 bits per heavy atom. The van der Waals surface area contributed by atoms with E-state index in [1.165, 1.54) is 12.1 Å². The number of furan rings is 1. The normalized spacial score (nSPS) is 16.5. The van der Waals surface area contributed by atoms with Crippen LogP contribution < -0.4 is 5.32 Å². The maximum atomic E-state index is 13.3. The molecule has 5 nitrogen and oxygen atoms in total. The molecule has 0 fully saturated rings. The van der Waals surface area contributed by atoms with E-state index >= 15 is 0 Å². The number of halogens is 1. The van der Waals surface area contributed by atoms with Crippen LogP contribution in [0, 0.1) is 19.7 Å². The van der Waals surface area contributed by atoms with Gasteiger partial charge in [-0.05, 0) is 56.5 Å². The van der Waals surface area contributed by atoms with E-state index in [1.54, 1.807) is 30.9 Å². The molecule has 1 aliphatic rings. The van der Waals surface area contributed by atoms with Gasteiger partial charge < -0.3 is 14.6 Å². The highest BCUT2D eigenvalue weighted by atomic mass is 19.1. The van der Waals surface area contributed by atoms with Gasteiger partial charge in [0, 0.05) is 6.54 Å². The summed E-state index contributed by atoms with van der Waals surface area (Å²) >= 11 is 0. The van der Waals surface area contributed by atoms with Crippen molar-refractivity contribution in [2.45, 2.75) is 33.2 Å². The van der Waals surface area contributed by atoms with E-state index in [4.69, 9.17) is 4.42 Å². The first-order chi connectivity index (χ1) is 11.9. The largest absolute Gasteiger partial charge is 0.466 e. The standard InChI is InChI=1S/C19H21FN2O3/c1-11-8-17(13(3)25-11)19(24)21-10-18(23)22-7-6-14-9-15(20)4-5-16(14)12(22)2/h4-5,8-9,12H,6-7,10H2,1-3H3,(H,21,24)/t12-/m0/s1. The van der Waals surface area contributed by atoms with Gasteiger partial charge in [0.2, 0.25) is 5.91 Å². The van der Waals surface area contributed by atoms with Crippen LogP contribution in [0.3, 0.4) is 0 Å². The maximum absolute atomic E-state index is 13.3. The van der Waals surface area contributed by atoms with Crippen molar-refractivity contribution in [3.05, 3.63) is 58.3 Å². The molecule has 0 saturated carbocycles. The Hall–Kier alpha value is -2.63. The van der Waals surface area contributed by atoms with E-state index in [9.17, 15) is 14.0 Å². The molecule has 1 atom stereocenters. The van der Waals surface area contributed by atoms with Crippen LogP contribution >= 0.6 is 0 Å². The Morgan fingerprint density at radius 1 is 1.32 bits per heavy atom. The van der Waals surface area contributed by atoms with Crippen LogP contribution in [0.5, 0.6) is 0 Å². The van der Waals surface area contributed by atoms with E-state index in [1.807, 2.05) is 6.92 Å². The summed E-state index contributed by atoms with van der Waals surface area (Å²) in [5.74, 6) is 0.444. The summed E-state index contributed by atoms with van der Waals surface area (Å²) in [6.07, 6.45) is 0.608. The van der Waals surface area contributed by atoms with Crippen LogP contribution in [0.1, 0.15) is 46.0 Å². The molecular weight excluding hydrogens is 323 g/mol. The lowest BCUT2D eigenvalue weighted by molar-refractivity contribution is -0.132. The molecule has 2 aromatic rings. The number of amides is 2. The highest BCUT2D eigenvalue weighted by molar-refractivity contribution is 5.97. The van der Waals surface area contributed by atoms with E-state index in [-0.39, 0.29) is 30.2 Å². The predicted octanol–water partition coefficient (Wildman–Crippen LogP) is 2.91. The molecule has 0 unspecified atom stereocenters. The molecule has 3 rings (SSSR count). The summed E-state index contributed by atoms with van der Waals surface area (Å²) in [6, 6.07) is 6.18. The fourth-order valence-electron chi connectivity index (χ4n) is 3.35. The molecule has 1 aliphatic heterocycles. The first-order valence-corrected chi connectivity index (χ1v) is 8.30. The van der Waals surface area contributed by atoms with Crippen LogP contribution in [0.4, 0.5) is 4.39 Å². The van der Waals surface area contributed by atoms with Gasteiger partial charge in [-0.1, -0.05) is 6.07 Å². The number of rotatable bonds is 3. The molecule has 6 heteroatoms. The second-order valence-electron chi connectivity index (χ2n) is 6.37. The second-order valence-corrected chi connectivity index (χ2v) is 6.37. The van der Waals surface area contributed by atoms with Crippen molar-refractivity contribution in [2.75, 3.05) is 13.1 Å². The lowest BCUT2D eigenvalue weighted by Crippen LogP contribution is -2.44. The third-order valence-corrected chi connectivity index (χ3v) is 4.65. The zero-order valence-corrected chi connectivity index (χ0v) is 14.6. The van der Waals surface area contributed by atoms with Crippen LogP contribution in [0.2, 0.25) is 0 Å². The second kappa shape index (κ2) is 6.70. The van der Waals surface area contributed by atoms with Crippen LogP contribution in [-0.2, 0) is 11.2 Å². The fraction of sp³-hybridized carbons (Fsp3) is 0.368. The molecule has 0 bridgehead atoms. The molecule has 0 radical (unpaired) electrons. The Balaban J connectivity index is 1.65. The van der Waals surface area contributed by atoms with E-state index in [0.29, 0.717) is 30.0 Å². The van der Waals surface area contributed by atoms with Gasteiger partial charge in [-0.25, -0.2) is 4.39 Å². The summed E-state index contributed by atoms with van der Waals surface area (Å²) in [5, 5.41) is 2.65. The first kappa shape index (κ1) is 17.2. The number of benzene rings is 1. The molecule has 132 valence electrons. The molecule has 2 heterocycles. The van der Waals surface area contributed by atoms with Crippen LogP contribution in [-0.4, -0.2) is 29.8 Å². The molecule has 25 heavy (non-hydrogen) atoms. The summed E-state index contributed by atoms with van der Waals surface area (Å²) in [5.41, 5.74) is 2.33. The maximum Gasteiger partial charge on any atom is 0.255 e. The number of hydrogen-bond acceptors (Lipinski definition) is 3. The van der Waals surface area contributed by atoms with Gasteiger partial charge in [-0.15, -0.1) is 0 Å². The number of hydrogen-bond donors (Lipinski definition) is 1. The topological polar surface area (TPSA) is 62.6 Å². The van der Waals surface area contributed by atoms with Gasteiger partial charge >= 0.3 is 0 Å². The average Bonchev–Trinajstić information content (AvgIpc) is 2.91. The molecule has 1 aromatic heterocycles. The fourth-order valence-corrected chi connectivity index (χ4v) is 3.35. The van der Waals surface area contributed by atoms with Gasteiger partial charge in [0.15, 0.2) is 0 Å². The number of carbonyl (C=O) groups excluding carboxylic acids is 2. The molecular formula is C19H21FN2O3. The first-order valence-electron chi connectivity index (χ1n) is 8.30. The van der Waals surface area contributed by atoms with Gasteiger partial charge in [0.1, 0.15) is 17.3 Å². The Kier molecular flexibility index (Phi) is 4.61. The minimum absolute atomic E-state index is 0.0800. The molecule has 1 N–H and O–H groups in total. The monoisotopic (exact) mass is 344 g/mol. The van der Waals surface area contributed by atoms with Gasteiger partial charge in [-0.3, -0.25) is 9.59 Å². The summed E-state index contributed by atoms with van der Waals surface area (Å²) < 4.78 is 18.7. The Bertz CT molecular complexity index is 828. The van der Waals surface area contributed by atoms with Crippen LogP contribution in [0.25, 0.3) is 0 Å². The van der Waals surface area contributed by atoms with Crippen molar-refractivity contribution in [1.29, 1.82) is 0 Å². The van der Waals surface area contributed by atoms with Crippen molar-refractivity contribution in [3.63, 3.8) is 0 Å². The number of nitrogens with zero attached hydrogens (tertiary/aromatic N) is 1. The van der Waals surface area contributed by atoms with E-state index in [0.717, 1.165) is 11.1 Å². The van der Waals surface area contributed by atoms with E-state index < -0.39 is 0 Å². The number of carbonyl (C=O) groups is 2. The van der Waals surface area contributed by atoms with Crippen molar-refractivity contribution >= 4 is 11.8 Å². The van der Waals surface area contributed by atoms with Crippen molar-refractivity contribution < 1.29 is 18.4 Å². The number of fused-ring (bicyclic) bond motifs is 1. The third-order valence-electron chi connectivity index (χ3n) is 4.65. The minimum atomic E-state index is -0.324.